The van der Waals surface area contributed by atoms with Crippen LogP contribution in [0.2, 0.25) is 0 Å². The van der Waals surface area contributed by atoms with Crippen molar-refractivity contribution in [3.63, 3.8) is 0 Å². The lowest BCUT2D eigenvalue weighted by atomic mass is 10.1. The third-order valence-electron chi connectivity index (χ3n) is 3.24. The molecule has 0 bridgehead atoms. The molecule has 5 nitrogen and oxygen atoms in total. The summed E-state index contributed by atoms with van der Waals surface area (Å²) in [6, 6.07) is 7.37. The summed E-state index contributed by atoms with van der Waals surface area (Å²) >= 11 is 0. The first-order chi connectivity index (χ1) is 8.61. The highest BCUT2D eigenvalue weighted by atomic mass is 16.5. The minimum Gasteiger partial charge on any atom is -0.465 e. The van der Waals surface area contributed by atoms with Crippen LogP contribution in [-0.2, 0) is 4.74 Å². The molecule has 1 aliphatic rings. The fraction of sp³-hybridized carbons (Fsp3) is 0.462. The number of hydrogen-bond donors (Lipinski definition) is 1. The van der Waals surface area contributed by atoms with Gasteiger partial charge in [0.15, 0.2) is 0 Å². The number of rotatable bonds is 2. The number of esters is 1. The van der Waals surface area contributed by atoms with Gasteiger partial charge in [-0.2, -0.15) is 0 Å². The average molecular weight is 249 g/mol. The van der Waals surface area contributed by atoms with E-state index in [2.05, 4.69) is 21.6 Å². The minimum absolute atomic E-state index is 0.00673. The van der Waals surface area contributed by atoms with Gasteiger partial charge in [0.25, 0.3) is 0 Å². The molecule has 5 heteroatoms. The van der Waals surface area contributed by atoms with Crippen LogP contribution in [0.4, 0.5) is 5.69 Å². The Morgan fingerprint density at radius 2 is 2.00 bits per heavy atom. The molecule has 2 N–H and O–H groups in total. The smallest absolute Gasteiger partial charge is 0.337 e. The van der Waals surface area contributed by atoms with Gasteiger partial charge in [-0.05, 0) is 31.3 Å². The molecule has 1 atom stereocenters. The summed E-state index contributed by atoms with van der Waals surface area (Å²) in [7, 11) is 3.45. The van der Waals surface area contributed by atoms with Gasteiger partial charge in [-0.1, -0.05) is 0 Å². The molecule has 1 unspecified atom stereocenters. The highest BCUT2D eigenvalue weighted by Crippen LogP contribution is 2.19. The molecule has 0 aromatic heterocycles. The number of methoxy groups -OCH3 is 1. The van der Waals surface area contributed by atoms with Gasteiger partial charge in [0.1, 0.15) is 0 Å². The van der Waals surface area contributed by atoms with Crippen molar-refractivity contribution < 1.29 is 9.53 Å². The molecule has 1 aliphatic heterocycles. The zero-order valence-electron chi connectivity index (χ0n) is 10.8. The molecule has 1 heterocycles. The number of benzene rings is 1. The van der Waals surface area contributed by atoms with Gasteiger partial charge in [-0.15, -0.1) is 0 Å². The van der Waals surface area contributed by atoms with Crippen molar-refractivity contribution in [2.24, 2.45) is 5.73 Å². The van der Waals surface area contributed by atoms with E-state index >= 15 is 0 Å². The predicted octanol–water partition coefficient (Wildman–Crippen LogP) is 0.510. The monoisotopic (exact) mass is 249 g/mol. The molecule has 0 radical (unpaired) electrons. The van der Waals surface area contributed by atoms with E-state index < -0.39 is 0 Å². The first-order valence-electron chi connectivity index (χ1n) is 6.01. The van der Waals surface area contributed by atoms with Crippen LogP contribution in [0.15, 0.2) is 24.3 Å². The molecule has 1 saturated heterocycles. The number of anilines is 1. The zero-order valence-corrected chi connectivity index (χ0v) is 10.8. The molecule has 18 heavy (non-hydrogen) atoms. The highest BCUT2D eigenvalue weighted by Gasteiger charge is 2.22. The maximum absolute atomic E-state index is 11.3. The number of ether oxygens (including phenoxy) is 1. The van der Waals surface area contributed by atoms with E-state index in [0.717, 1.165) is 25.3 Å². The van der Waals surface area contributed by atoms with Gasteiger partial charge >= 0.3 is 5.97 Å². The van der Waals surface area contributed by atoms with Crippen molar-refractivity contribution in [3.05, 3.63) is 29.8 Å². The Bertz CT molecular complexity index is 419. The summed E-state index contributed by atoms with van der Waals surface area (Å²) < 4.78 is 4.67. The second-order valence-electron chi connectivity index (χ2n) is 4.56. The summed E-state index contributed by atoms with van der Waals surface area (Å²) in [6.45, 7) is 2.74. The van der Waals surface area contributed by atoms with Gasteiger partial charge in [0, 0.05) is 25.3 Å². The first kappa shape index (κ1) is 12.9. The molecule has 1 aromatic rings. The Hall–Kier alpha value is -1.59. The molecular weight excluding hydrogens is 230 g/mol. The first-order valence-corrected chi connectivity index (χ1v) is 6.01. The van der Waals surface area contributed by atoms with E-state index in [4.69, 9.17) is 5.73 Å². The SMILES string of the molecule is COC(=O)c1ccc(N2CCN(C)CC2N)cc1. The number of carbonyl (C=O) groups excluding carboxylic acids is 1. The van der Waals surface area contributed by atoms with Crippen LogP contribution in [0.5, 0.6) is 0 Å². The van der Waals surface area contributed by atoms with Gasteiger partial charge in [-0.25, -0.2) is 4.79 Å². The number of carbonyl (C=O) groups is 1. The van der Waals surface area contributed by atoms with Gasteiger partial charge < -0.3 is 20.3 Å². The summed E-state index contributed by atoms with van der Waals surface area (Å²) in [5.74, 6) is -0.316. The zero-order chi connectivity index (χ0) is 13.1. The Kier molecular flexibility index (Phi) is 3.84. The third kappa shape index (κ3) is 2.63. The van der Waals surface area contributed by atoms with E-state index in [1.807, 2.05) is 12.1 Å². The normalized spacial score (nSPS) is 20.8. The lowest BCUT2D eigenvalue weighted by Gasteiger charge is -2.39. The molecule has 2 rings (SSSR count). The van der Waals surface area contributed by atoms with Crippen molar-refractivity contribution in [2.75, 3.05) is 38.7 Å². The number of nitrogens with zero attached hydrogens (tertiary/aromatic N) is 2. The van der Waals surface area contributed by atoms with Crippen LogP contribution in [0, 0.1) is 0 Å². The van der Waals surface area contributed by atoms with Crippen molar-refractivity contribution >= 4 is 11.7 Å². The molecule has 0 spiro atoms. The quantitative estimate of drug-likeness (QED) is 0.774. The van der Waals surface area contributed by atoms with Gasteiger partial charge in [0.05, 0.1) is 18.8 Å². The van der Waals surface area contributed by atoms with Crippen LogP contribution in [0.25, 0.3) is 0 Å². The summed E-state index contributed by atoms with van der Waals surface area (Å²) in [5, 5.41) is 0. The predicted molar refractivity (Wildman–Crippen MR) is 70.6 cm³/mol. The molecule has 0 aliphatic carbocycles. The van der Waals surface area contributed by atoms with Crippen molar-refractivity contribution in [1.29, 1.82) is 0 Å². The van der Waals surface area contributed by atoms with Crippen LogP contribution < -0.4 is 10.6 Å². The van der Waals surface area contributed by atoms with E-state index in [-0.39, 0.29) is 12.1 Å². The number of likely N-dealkylation sites (N-methyl/N-ethyl adjacent to an activating group) is 1. The van der Waals surface area contributed by atoms with E-state index in [0.29, 0.717) is 5.56 Å². The Labute approximate surface area is 107 Å². The molecular formula is C13H19N3O2. The maximum atomic E-state index is 11.3. The molecule has 0 amide bonds. The second-order valence-corrected chi connectivity index (χ2v) is 4.56. The number of piperazine rings is 1. The molecule has 0 saturated carbocycles. The summed E-state index contributed by atoms with van der Waals surface area (Å²) in [6.07, 6.45) is -0.00673. The molecule has 1 aromatic carbocycles. The lowest BCUT2D eigenvalue weighted by molar-refractivity contribution is 0.0601. The van der Waals surface area contributed by atoms with Crippen molar-refractivity contribution in [3.8, 4) is 0 Å². The Balaban J connectivity index is 2.12. The molecule has 1 fully saturated rings. The second kappa shape index (κ2) is 5.37. The van der Waals surface area contributed by atoms with Gasteiger partial charge in [-0.3, -0.25) is 0 Å². The van der Waals surface area contributed by atoms with Crippen LogP contribution in [0.3, 0.4) is 0 Å². The van der Waals surface area contributed by atoms with E-state index in [1.54, 1.807) is 12.1 Å². The van der Waals surface area contributed by atoms with Crippen molar-refractivity contribution in [2.45, 2.75) is 6.17 Å². The summed E-state index contributed by atoms with van der Waals surface area (Å²) in [4.78, 5) is 15.7. The standard InChI is InChI=1S/C13H19N3O2/c1-15-7-8-16(12(14)9-15)11-5-3-10(4-6-11)13(17)18-2/h3-6,12H,7-9,14H2,1-2H3. The van der Waals surface area contributed by atoms with Gasteiger partial charge in [0.2, 0.25) is 0 Å². The fourth-order valence-corrected chi connectivity index (χ4v) is 2.18. The third-order valence-corrected chi connectivity index (χ3v) is 3.24. The largest absolute Gasteiger partial charge is 0.465 e. The minimum atomic E-state index is -0.316. The highest BCUT2D eigenvalue weighted by molar-refractivity contribution is 5.89. The summed E-state index contributed by atoms with van der Waals surface area (Å²) in [5.41, 5.74) is 7.72. The topological polar surface area (TPSA) is 58.8 Å². The average Bonchev–Trinajstić information content (AvgIpc) is 2.38. The van der Waals surface area contributed by atoms with E-state index in [1.165, 1.54) is 7.11 Å². The Morgan fingerprint density at radius 3 is 2.56 bits per heavy atom. The van der Waals surface area contributed by atoms with Crippen LogP contribution >= 0.6 is 0 Å². The maximum Gasteiger partial charge on any atom is 0.337 e. The number of nitrogens with two attached hydrogens (primary N) is 1. The number of hydrogen-bond acceptors (Lipinski definition) is 5. The molecule has 98 valence electrons. The fourth-order valence-electron chi connectivity index (χ4n) is 2.18. The lowest BCUT2D eigenvalue weighted by Crippen LogP contribution is -2.56. The van der Waals surface area contributed by atoms with Crippen molar-refractivity contribution in [1.82, 2.24) is 4.90 Å². The van der Waals surface area contributed by atoms with Crippen LogP contribution in [0.1, 0.15) is 10.4 Å². The Morgan fingerprint density at radius 1 is 1.33 bits per heavy atom. The van der Waals surface area contributed by atoms with Crippen LogP contribution in [-0.4, -0.2) is 50.8 Å². The van der Waals surface area contributed by atoms with E-state index in [9.17, 15) is 4.79 Å².